The van der Waals surface area contributed by atoms with E-state index in [1.54, 1.807) is 13.3 Å². The summed E-state index contributed by atoms with van der Waals surface area (Å²) in [5.41, 5.74) is 0.986. The first-order valence-corrected chi connectivity index (χ1v) is 3.81. The molecule has 4 heteroatoms. The number of ether oxygens (including phenoxy) is 1. The fourth-order valence-electron chi connectivity index (χ4n) is 0.919. The summed E-state index contributed by atoms with van der Waals surface area (Å²) in [4.78, 5) is 8.30. The SMILES string of the molecule is CNCc1ccnc(COC)n1. The van der Waals surface area contributed by atoms with E-state index in [2.05, 4.69) is 15.3 Å². The lowest BCUT2D eigenvalue weighted by molar-refractivity contribution is 0.177. The molecule has 0 aliphatic heterocycles. The minimum absolute atomic E-state index is 0.470. The van der Waals surface area contributed by atoms with Crippen molar-refractivity contribution in [1.82, 2.24) is 15.3 Å². The molecule has 0 unspecified atom stereocenters. The molecule has 0 amide bonds. The lowest BCUT2D eigenvalue weighted by Crippen LogP contribution is -2.09. The molecule has 0 atom stereocenters. The molecule has 0 saturated heterocycles. The minimum Gasteiger partial charge on any atom is -0.377 e. The maximum absolute atomic E-state index is 4.92. The van der Waals surface area contributed by atoms with Crippen molar-refractivity contribution in [3.8, 4) is 0 Å². The van der Waals surface area contributed by atoms with Gasteiger partial charge in [0.2, 0.25) is 0 Å². The summed E-state index contributed by atoms with van der Waals surface area (Å²) >= 11 is 0. The molecule has 0 saturated carbocycles. The fraction of sp³-hybridized carbons (Fsp3) is 0.500. The Morgan fingerprint density at radius 3 is 3.08 bits per heavy atom. The second-order valence-corrected chi connectivity index (χ2v) is 2.43. The molecular formula is C8H13N3O. The van der Waals surface area contributed by atoms with Crippen LogP contribution in [0.1, 0.15) is 11.5 Å². The van der Waals surface area contributed by atoms with Gasteiger partial charge >= 0.3 is 0 Å². The van der Waals surface area contributed by atoms with Gasteiger partial charge in [0.05, 0.1) is 5.69 Å². The topological polar surface area (TPSA) is 47.0 Å². The Hall–Kier alpha value is -1.00. The molecule has 0 fully saturated rings. The van der Waals surface area contributed by atoms with Crippen LogP contribution in [0.15, 0.2) is 12.3 Å². The summed E-state index contributed by atoms with van der Waals surface area (Å²) in [6.45, 7) is 1.23. The maximum atomic E-state index is 4.92. The van der Waals surface area contributed by atoms with Crippen molar-refractivity contribution in [3.63, 3.8) is 0 Å². The van der Waals surface area contributed by atoms with E-state index in [1.165, 1.54) is 0 Å². The number of rotatable bonds is 4. The zero-order chi connectivity index (χ0) is 8.81. The third-order valence-corrected chi connectivity index (χ3v) is 1.39. The van der Waals surface area contributed by atoms with Crippen LogP contribution in [-0.4, -0.2) is 24.1 Å². The molecule has 0 radical (unpaired) electrons. The van der Waals surface area contributed by atoms with Gasteiger partial charge in [0.25, 0.3) is 0 Å². The van der Waals surface area contributed by atoms with Crippen molar-refractivity contribution in [1.29, 1.82) is 0 Å². The monoisotopic (exact) mass is 167 g/mol. The molecule has 0 bridgehead atoms. The van der Waals surface area contributed by atoms with Crippen molar-refractivity contribution in [2.45, 2.75) is 13.2 Å². The zero-order valence-corrected chi connectivity index (χ0v) is 7.37. The van der Waals surface area contributed by atoms with E-state index in [0.29, 0.717) is 6.61 Å². The molecule has 1 N–H and O–H groups in total. The van der Waals surface area contributed by atoms with Crippen molar-refractivity contribution in [3.05, 3.63) is 23.8 Å². The van der Waals surface area contributed by atoms with Gasteiger partial charge in [0.15, 0.2) is 5.82 Å². The highest BCUT2D eigenvalue weighted by atomic mass is 16.5. The standard InChI is InChI=1S/C8H13N3O/c1-9-5-7-3-4-10-8(11-7)6-12-2/h3-4,9H,5-6H2,1-2H3. The Kier molecular flexibility index (Phi) is 3.63. The highest BCUT2D eigenvalue weighted by molar-refractivity contribution is 5.01. The molecule has 1 aromatic heterocycles. The number of nitrogens with zero attached hydrogens (tertiary/aromatic N) is 2. The maximum Gasteiger partial charge on any atom is 0.154 e. The molecule has 0 aliphatic rings. The van der Waals surface area contributed by atoms with E-state index in [4.69, 9.17) is 4.74 Å². The molecule has 0 aromatic carbocycles. The van der Waals surface area contributed by atoms with Gasteiger partial charge in [-0.25, -0.2) is 9.97 Å². The summed E-state index contributed by atoms with van der Waals surface area (Å²) in [6, 6.07) is 1.88. The van der Waals surface area contributed by atoms with Gasteiger partial charge < -0.3 is 10.1 Å². The van der Waals surface area contributed by atoms with E-state index >= 15 is 0 Å². The molecule has 0 aliphatic carbocycles. The van der Waals surface area contributed by atoms with Crippen molar-refractivity contribution in [2.24, 2.45) is 0 Å². The second kappa shape index (κ2) is 4.79. The Bertz CT molecular complexity index is 218. The van der Waals surface area contributed by atoms with Crippen molar-refractivity contribution >= 4 is 0 Å². The molecule has 12 heavy (non-hydrogen) atoms. The van der Waals surface area contributed by atoms with Crippen molar-refractivity contribution in [2.75, 3.05) is 14.2 Å². The Labute approximate surface area is 72.0 Å². The quantitative estimate of drug-likeness (QED) is 0.702. The van der Waals surface area contributed by atoms with Crippen LogP contribution in [0.4, 0.5) is 0 Å². The molecule has 0 spiro atoms. The minimum atomic E-state index is 0.470. The summed E-state index contributed by atoms with van der Waals surface area (Å²) in [6.07, 6.45) is 1.74. The zero-order valence-electron chi connectivity index (χ0n) is 7.37. The van der Waals surface area contributed by atoms with E-state index in [9.17, 15) is 0 Å². The predicted octanol–water partition coefficient (Wildman–Crippen LogP) is 0.342. The third kappa shape index (κ3) is 2.56. The van der Waals surface area contributed by atoms with Crippen LogP contribution in [0, 0.1) is 0 Å². The van der Waals surface area contributed by atoms with E-state index < -0.39 is 0 Å². The molecule has 1 rings (SSSR count). The van der Waals surface area contributed by atoms with Gasteiger partial charge in [-0.2, -0.15) is 0 Å². The van der Waals surface area contributed by atoms with Crippen molar-refractivity contribution < 1.29 is 4.74 Å². The number of aromatic nitrogens is 2. The summed E-state index contributed by atoms with van der Waals surface area (Å²) in [5, 5.41) is 3.02. The number of hydrogen-bond donors (Lipinski definition) is 1. The number of hydrogen-bond acceptors (Lipinski definition) is 4. The van der Waals surface area contributed by atoms with E-state index in [1.807, 2.05) is 13.1 Å². The average Bonchev–Trinajstić information content (AvgIpc) is 2.06. The smallest absolute Gasteiger partial charge is 0.154 e. The van der Waals surface area contributed by atoms with Gasteiger partial charge in [-0.15, -0.1) is 0 Å². The van der Waals surface area contributed by atoms with E-state index in [0.717, 1.165) is 18.1 Å². The first-order valence-electron chi connectivity index (χ1n) is 3.81. The number of nitrogens with one attached hydrogen (secondary N) is 1. The van der Waals surface area contributed by atoms with E-state index in [-0.39, 0.29) is 0 Å². The summed E-state index contributed by atoms with van der Waals surface area (Å²) in [7, 11) is 3.52. The van der Waals surface area contributed by atoms with Crippen LogP contribution >= 0.6 is 0 Å². The fourth-order valence-corrected chi connectivity index (χ4v) is 0.919. The molecule has 1 aromatic rings. The number of methoxy groups -OCH3 is 1. The van der Waals surface area contributed by atoms with Gasteiger partial charge in [-0.05, 0) is 13.1 Å². The van der Waals surface area contributed by atoms with Crippen LogP contribution in [0.3, 0.4) is 0 Å². The Morgan fingerprint density at radius 2 is 2.42 bits per heavy atom. The Balaban J connectivity index is 2.67. The average molecular weight is 167 g/mol. The van der Waals surface area contributed by atoms with Gasteiger partial charge in [0, 0.05) is 19.9 Å². The summed E-state index contributed by atoms with van der Waals surface area (Å²) < 4.78 is 4.92. The molecule has 66 valence electrons. The van der Waals surface area contributed by atoms with Crippen LogP contribution < -0.4 is 5.32 Å². The molecule has 4 nitrogen and oxygen atoms in total. The highest BCUT2D eigenvalue weighted by Gasteiger charge is 1.96. The lowest BCUT2D eigenvalue weighted by atomic mass is 10.4. The predicted molar refractivity (Wildman–Crippen MR) is 45.5 cm³/mol. The van der Waals surface area contributed by atoms with Crippen LogP contribution in [0.5, 0.6) is 0 Å². The lowest BCUT2D eigenvalue weighted by Gasteiger charge is -2.01. The highest BCUT2D eigenvalue weighted by Crippen LogP contribution is 1.95. The van der Waals surface area contributed by atoms with Crippen LogP contribution in [-0.2, 0) is 17.9 Å². The van der Waals surface area contributed by atoms with Gasteiger partial charge in [-0.1, -0.05) is 0 Å². The first-order chi connectivity index (χ1) is 5.86. The normalized spacial score (nSPS) is 10.2. The third-order valence-electron chi connectivity index (χ3n) is 1.39. The Morgan fingerprint density at radius 1 is 1.58 bits per heavy atom. The largest absolute Gasteiger partial charge is 0.377 e. The van der Waals surface area contributed by atoms with Gasteiger partial charge in [0.1, 0.15) is 6.61 Å². The summed E-state index contributed by atoms with van der Waals surface area (Å²) in [5.74, 6) is 0.727. The molecule has 1 heterocycles. The van der Waals surface area contributed by atoms with Crippen LogP contribution in [0.2, 0.25) is 0 Å². The second-order valence-electron chi connectivity index (χ2n) is 2.43. The van der Waals surface area contributed by atoms with Crippen LogP contribution in [0.25, 0.3) is 0 Å². The first kappa shape index (κ1) is 9.09. The molecular weight excluding hydrogens is 154 g/mol. The van der Waals surface area contributed by atoms with Gasteiger partial charge in [-0.3, -0.25) is 0 Å².